The van der Waals surface area contributed by atoms with E-state index in [1.54, 1.807) is 72.8 Å². The van der Waals surface area contributed by atoms with Gasteiger partial charge in [-0.1, -0.05) is 82.1 Å². The number of hydrogen-bond donors (Lipinski definition) is 12. The van der Waals surface area contributed by atoms with Crippen molar-refractivity contribution in [2.75, 3.05) is 0 Å². The Balaban J connectivity index is 0.000000196. The highest BCUT2D eigenvalue weighted by molar-refractivity contribution is 9.10. The topological polar surface area (TPSA) is 388 Å². The molecule has 9 aromatic rings. The zero-order valence-electron chi connectivity index (χ0n) is 40.9. The van der Waals surface area contributed by atoms with Gasteiger partial charge in [0.2, 0.25) is 22.2 Å². The second kappa shape index (κ2) is 26.6. The standard InChI is InChI=1S/C19H15ClN2O4.C12H11BrN2O3.2C12H12N2O3.H2/c20-13-7-5-11(6-8-13)18(24)22-16(19(25)26)9-12-10-17(23)21-15-4-2-1-3-14(12)15;13-7-1-2-10-8(5-7)6(4-11(16)15-10)3-9(14)12(17)18;2*13-9(12(16)17)5-7-6-11(15)14-10-4-2-1-3-8(7)10;/h1-8,10,16H,9H2,(H,21,23)(H,22,24)(H,25,26);1-2,4-5,9H,3,14H2,(H,15,16)(H,17,18);2*1-4,6,9H,5,13H2,(H,14,15)(H,16,17);1H. The molecule has 4 heterocycles. The maximum absolute atomic E-state index is 12.3. The predicted octanol–water partition coefficient (Wildman–Crippen LogP) is 5.06. The highest BCUT2D eigenvalue weighted by Gasteiger charge is 2.23. The van der Waals surface area contributed by atoms with Gasteiger partial charge in [-0.25, -0.2) is 4.79 Å². The van der Waals surface area contributed by atoms with Crippen molar-refractivity contribution in [3.8, 4) is 0 Å². The maximum atomic E-state index is 12.3. The Bertz CT molecular complexity index is 3840. The molecule has 4 atom stereocenters. The van der Waals surface area contributed by atoms with Gasteiger partial charge in [-0.15, -0.1) is 0 Å². The molecule has 15 N–H and O–H groups in total. The van der Waals surface area contributed by atoms with Crippen molar-refractivity contribution in [1.82, 2.24) is 25.3 Å². The molecule has 4 aromatic heterocycles. The first kappa shape index (κ1) is 58.2. The lowest BCUT2D eigenvalue weighted by Crippen LogP contribution is -2.42. The van der Waals surface area contributed by atoms with Crippen LogP contribution in [0, 0.1) is 0 Å². The first-order chi connectivity index (χ1) is 37.1. The zero-order valence-corrected chi connectivity index (χ0v) is 43.2. The SMILES string of the molecule is NC(Cc1cc(=O)[nH]c2ccc(Br)cc12)C(=O)O.NC(Cc1cc(=O)[nH]c2ccccc12)C(=O)O.NC(Cc1cc(=O)[nH]c2ccccc12)C(=O)O.O=C(NC(Cc1cc(=O)[nH]c2ccccc12)C(=O)O)c1ccc(Cl)cc1.[HH]. The number of benzene rings is 5. The van der Waals surface area contributed by atoms with Crippen LogP contribution in [0.1, 0.15) is 34.0 Å². The molecule has 0 spiro atoms. The molecular weight excluding hydrogens is 1100 g/mol. The van der Waals surface area contributed by atoms with Crippen molar-refractivity contribution < 1.29 is 45.8 Å². The van der Waals surface area contributed by atoms with E-state index in [2.05, 4.69) is 41.2 Å². The number of pyridine rings is 4. The lowest BCUT2D eigenvalue weighted by Gasteiger charge is -2.16. The quantitative estimate of drug-likeness (QED) is 0.0677. The highest BCUT2D eigenvalue weighted by Crippen LogP contribution is 2.22. The van der Waals surface area contributed by atoms with E-state index < -0.39 is 54.0 Å². The fourth-order valence-corrected chi connectivity index (χ4v) is 8.52. The summed E-state index contributed by atoms with van der Waals surface area (Å²) >= 11 is 9.13. The number of carboxylic acids is 4. The molecule has 0 radical (unpaired) electrons. The molecular formula is C55H52BrClN8O13. The molecule has 5 aromatic carbocycles. The number of para-hydroxylation sites is 3. The van der Waals surface area contributed by atoms with Crippen LogP contribution in [0.25, 0.3) is 43.6 Å². The van der Waals surface area contributed by atoms with Crippen molar-refractivity contribution in [2.24, 2.45) is 17.2 Å². The van der Waals surface area contributed by atoms with E-state index >= 15 is 0 Å². The number of nitrogens with two attached hydrogens (primary N) is 3. The van der Waals surface area contributed by atoms with Gasteiger partial charge >= 0.3 is 23.9 Å². The summed E-state index contributed by atoms with van der Waals surface area (Å²) in [5.41, 5.74) is 20.8. The molecule has 0 aliphatic rings. The van der Waals surface area contributed by atoms with Gasteiger partial charge in [0.05, 0.1) is 0 Å². The summed E-state index contributed by atoms with van der Waals surface area (Å²) in [6, 6.07) is 34.4. The number of rotatable bonds is 14. The van der Waals surface area contributed by atoms with Crippen LogP contribution in [0.4, 0.5) is 0 Å². The van der Waals surface area contributed by atoms with Gasteiger partial charge in [-0.3, -0.25) is 38.4 Å². The van der Waals surface area contributed by atoms with Crippen LogP contribution < -0.4 is 44.8 Å². The van der Waals surface area contributed by atoms with E-state index in [-0.39, 0.29) is 49.3 Å². The number of aromatic nitrogens is 4. The molecule has 0 saturated heterocycles. The Morgan fingerprint density at radius 3 is 1.15 bits per heavy atom. The molecule has 0 saturated carbocycles. The van der Waals surface area contributed by atoms with E-state index in [0.29, 0.717) is 54.9 Å². The molecule has 0 bridgehead atoms. The lowest BCUT2D eigenvalue weighted by molar-refractivity contribution is -0.140. The fraction of sp³-hybridized carbons (Fsp3) is 0.145. The van der Waals surface area contributed by atoms with Crippen molar-refractivity contribution >= 4 is 101 Å². The van der Waals surface area contributed by atoms with E-state index in [9.17, 15) is 48.3 Å². The fourth-order valence-electron chi connectivity index (χ4n) is 8.04. The molecule has 9 rings (SSSR count). The number of nitrogens with one attached hydrogen (secondary N) is 5. The number of amides is 1. The van der Waals surface area contributed by atoms with Gasteiger partial charge in [0.15, 0.2) is 0 Å². The van der Waals surface area contributed by atoms with Gasteiger partial charge in [-0.2, -0.15) is 0 Å². The Labute approximate surface area is 455 Å². The van der Waals surface area contributed by atoms with Crippen LogP contribution in [0.3, 0.4) is 0 Å². The van der Waals surface area contributed by atoms with Crippen LogP contribution in [0.15, 0.2) is 163 Å². The Kier molecular flexibility index (Phi) is 19.9. The number of H-pyrrole nitrogens is 4. The summed E-state index contributed by atoms with van der Waals surface area (Å²) in [5, 5.41) is 42.0. The Morgan fingerprint density at radius 2 is 0.795 bits per heavy atom. The third-order valence-corrected chi connectivity index (χ3v) is 12.5. The van der Waals surface area contributed by atoms with Crippen LogP contribution in [-0.4, -0.2) is 94.3 Å². The van der Waals surface area contributed by atoms with Crippen molar-refractivity contribution in [3.63, 3.8) is 0 Å². The molecule has 404 valence electrons. The summed E-state index contributed by atoms with van der Waals surface area (Å²) in [6.07, 6.45) is 0.380. The smallest absolute Gasteiger partial charge is 0.326 e. The normalized spacial score (nSPS) is 12.3. The molecule has 78 heavy (non-hydrogen) atoms. The number of hydrogen-bond acceptors (Lipinski definition) is 12. The third-order valence-electron chi connectivity index (χ3n) is 11.8. The number of carbonyl (C=O) groups is 5. The number of aliphatic carboxylic acids is 4. The van der Waals surface area contributed by atoms with E-state index in [4.69, 9.17) is 44.1 Å². The van der Waals surface area contributed by atoms with Gasteiger partial charge in [0.25, 0.3) is 5.91 Å². The lowest BCUT2D eigenvalue weighted by atomic mass is 10.0. The number of halogens is 2. The Morgan fingerprint density at radius 1 is 0.462 bits per heavy atom. The second-order valence-electron chi connectivity index (χ2n) is 17.5. The first-order valence-electron chi connectivity index (χ1n) is 23.5. The van der Waals surface area contributed by atoms with Crippen LogP contribution >= 0.6 is 27.5 Å². The largest absolute Gasteiger partial charge is 0.480 e. The third kappa shape index (κ3) is 16.0. The van der Waals surface area contributed by atoms with Gasteiger partial charge in [0.1, 0.15) is 24.2 Å². The van der Waals surface area contributed by atoms with E-state index in [1.165, 1.54) is 36.4 Å². The maximum Gasteiger partial charge on any atom is 0.326 e. The molecule has 4 unspecified atom stereocenters. The van der Waals surface area contributed by atoms with Crippen LogP contribution in [-0.2, 0) is 44.9 Å². The highest BCUT2D eigenvalue weighted by atomic mass is 79.9. The minimum absolute atomic E-state index is 0. The Hall–Kier alpha value is -9.06. The summed E-state index contributed by atoms with van der Waals surface area (Å²) in [7, 11) is 0. The molecule has 0 aliphatic heterocycles. The summed E-state index contributed by atoms with van der Waals surface area (Å²) in [6.45, 7) is 0. The van der Waals surface area contributed by atoms with Gasteiger partial charge in [-0.05, 0) is 102 Å². The summed E-state index contributed by atoms with van der Waals surface area (Å²) in [5.74, 6) is -4.94. The van der Waals surface area contributed by atoms with Crippen LogP contribution in [0.5, 0.6) is 0 Å². The molecule has 23 heteroatoms. The number of carboxylic acid groups (broad SMARTS) is 4. The second-order valence-corrected chi connectivity index (χ2v) is 18.8. The molecule has 1 amide bonds. The zero-order chi connectivity index (χ0) is 56.8. The molecule has 0 fully saturated rings. The predicted molar refractivity (Wildman–Crippen MR) is 300 cm³/mol. The van der Waals surface area contributed by atoms with E-state index in [1.807, 2.05) is 30.3 Å². The minimum atomic E-state index is -1.18. The van der Waals surface area contributed by atoms with Crippen LogP contribution in [0.2, 0.25) is 5.02 Å². The first-order valence-corrected chi connectivity index (χ1v) is 24.6. The molecule has 0 aliphatic carbocycles. The number of fused-ring (bicyclic) bond motifs is 4. The van der Waals surface area contributed by atoms with E-state index in [0.717, 1.165) is 26.0 Å². The number of carbonyl (C=O) groups excluding carboxylic acids is 1. The van der Waals surface area contributed by atoms with Gasteiger partial charge in [0, 0.05) is 90.8 Å². The average molecular weight is 1150 g/mol. The van der Waals surface area contributed by atoms with Crippen molar-refractivity contribution in [3.05, 3.63) is 218 Å². The number of aromatic amines is 4. The summed E-state index contributed by atoms with van der Waals surface area (Å²) in [4.78, 5) is 113. The van der Waals surface area contributed by atoms with Crippen molar-refractivity contribution in [2.45, 2.75) is 49.9 Å². The van der Waals surface area contributed by atoms with Gasteiger partial charge < -0.3 is 62.9 Å². The summed E-state index contributed by atoms with van der Waals surface area (Å²) < 4.78 is 0.854. The molecule has 21 nitrogen and oxygen atoms in total. The minimum Gasteiger partial charge on any atom is -0.480 e. The average Bonchev–Trinajstić information content (AvgIpc) is 3.41. The van der Waals surface area contributed by atoms with Crippen molar-refractivity contribution in [1.29, 1.82) is 0 Å². The monoisotopic (exact) mass is 1150 g/mol.